The number of aromatic nitrogens is 3. The van der Waals surface area contributed by atoms with Gasteiger partial charge in [0.05, 0.1) is 10.9 Å². The highest BCUT2D eigenvalue weighted by molar-refractivity contribution is 14.0. The lowest BCUT2D eigenvalue weighted by Gasteiger charge is -2.10. The molecule has 0 amide bonds. The average molecular weight is 441 g/mol. The summed E-state index contributed by atoms with van der Waals surface area (Å²) in [5.41, 5.74) is 0. The number of guanidine groups is 1. The van der Waals surface area contributed by atoms with Crippen LogP contribution in [-0.4, -0.2) is 34.3 Å². The Hall–Kier alpha value is -0.870. The van der Waals surface area contributed by atoms with Crippen molar-refractivity contribution in [3.63, 3.8) is 0 Å². The number of aliphatic imine (C=N–C) groups is 1. The van der Waals surface area contributed by atoms with Gasteiger partial charge in [-0.1, -0.05) is 11.6 Å². The van der Waals surface area contributed by atoms with Crippen molar-refractivity contribution in [2.45, 2.75) is 13.0 Å². The number of halogens is 2. The minimum absolute atomic E-state index is 0. The third-order valence-corrected chi connectivity index (χ3v) is 4.03. The van der Waals surface area contributed by atoms with E-state index in [2.05, 4.69) is 25.7 Å². The van der Waals surface area contributed by atoms with Crippen LogP contribution in [0.2, 0.25) is 4.34 Å². The van der Waals surface area contributed by atoms with Crippen molar-refractivity contribution in [1.29, 1.82) is 0 Å². The van der Waals surface area contributed by atoms with Crippen molar-refractivity contribution in [2.24, 2.45) is 12.0 Å². The molecule has 0 saturated carbocycles. The maximum atomic E-state index is 5.90. The Balaban J connectivity index is 0.00000220. The second kappa shape index (κ2) is 9.21. The van der Waals surface area contributed by atoms with Crippen molar-refractivity contribution >= 4 is 52.9 Å². The Morgan fingerprint density at radius 3 is 2.81 bits per heavy atom. The van der Waals surface area contributed by atoms with E-state index in [0.29, 0.717) is 6.54 Å². The lowest BCUT2D eigenvalue weighted by Crippen LogP contribution is -2.38. The largest absolute Gasteiger partial charge is 0.356 e. The lowest BCUT2D eigenvalue weighted by atomic mass is 10.3. The molecule has 116 valence electrons. The molecule has 9 heteroatoms. The standard InChI is InChI=1S/C12H17ClN6S.HI/c1-14-12(16-7-11-17-8-18-19(11)2)15-6-5-9-3-4-10(13)20-9;/h3-4,8H,5-7H2,1-2H3,(H2,14,15,16);1H. The summed E-state index contributed by atoms with van der Waals surface area (Å²) >= 11 is 7.50. The van der Waals surface area contributed by atoms with Gasteiger partial charge >= 0.3 is 0 Å². The van der Waals surface area contributed by atoms with Crippen molar-refractivity contribution in [3.8, 4) is 0 Å². The fourth-order valence-corrected chi connectivity index (χ4v) is 2.74. The zero-order valence-electron chi connectivity index (χ0n) is 11.8. The highest BCUT2D eigenvalue weighted by Crippen LogP contribution is 2.21. The lowest BCUT2D eigenvalue weighted by molar-refractivity contribution is 0.672. The summed E-state index contributed by atoms with van der Waals surface area (Å²) in [6.45, 7) is 1.39. The summed E-state index contributed by atoms with van der Waals surface area (Å²) < 4.78 is 2.55. The second-order valence-corrected chi connectivity index (χ2v) is 5.91. The monoisotopic (exact) mass is 440 g/mol. The van der Waals surface area contributed by atoms with Crippen molar-refractivity contribution < 1.29 is 0 Å². The second-order valence-electron chi connectivity index (χ2n) is 4.11. The molecule has 0 aliphatic rings. The van der Waals surface area contributed by atoms with Gasteiger partial charge in [-0.15, -0.1) is 35.3 Å². The predicted octanol–water partition coefficient (Wildman–Crippen LogP) is 2.06. The number of hydrogen-bond donors (Lipinski definition) is 2. The van der Waals surface area contributed by atoms with Crippen molar-refractivity contribution in [1.82, 2.24) is 25.4 Å². The van der Waals surface area contributed by atoms with Gasteiger partial charge in [-0.05, 0) is 18.6 Å². The van der Waals surface area contributed by atoms with Gasteiger partial charge in [0.25, 0.3) is 0 Å². The number of thiophene rings is 1. The SMILES string of the molecule is CN=C(NCCc1ccc(Cl)s1)NCc1ncnn1C.I. The van der Waals surface area contributed by atoms with Crippen LogP contribution in [0.25, 0.3) is 0 Å². The zero-order chi connectivity index (χ0) is 14.4. The van der Waals surface area contributed by atoms with Gasteiger partial charge in [0.1, 0.15) is 12.2 Å². The number of hydrogen-bond acceptors (Lipinski definition) is 4. The molecule has 2 heterocycles. The minimum Gasteiger partial charge on any atom is -0.356 e. The molecule has 0 radical (unpaired) electrons. The van der Waals surface area contributed by atoms with Crippen LogP contribution in [0.5, 0.6) is 0 Å². The fraction of sp³-hybridized carbons (Fsp3) is 0.417. The highest BCUT2D eigenvalue weighted by atomic mass is 127. The number of nitrogens with one attached hydrogen (secondary N) is 2. The van der Waals surface area contributed by atoms with Gasteiger partial charge in [-0.3, -0.25) is 9.67 Å². The van der Waals surface area contributed by atoms with E-state index in [0.717, 1.165) is 29.1 Å². The molecule has 0 aliphatic carbocycles. The van der Waals surface area contributed by atoms with Gasteiger partial charge in [0.15, 0.2) is 5.96 Å². The maximum Gasteiger partial charge on any atom is 0.191 e. The summed E-state index contributed by atoms with van der Waals surface area (Å²) in [7, 11) is 3.61. The molecule has 0 fully saturated rings. The van der Waals surface area contributed by atoms with Crippen molar-refractivity contribution in [3.05, 3.63) is 33.5 Å². The molecule has 2 rings (SSSR count). The average Bonchev–Trinajstić information content (AvgIpc) is 3.03. The van der Waals surface area contributed by atoms with Crippen LogP contribution in [0.1, 0.15) is 10.7 Å². The number of nitrogens with zero attached hydrogens (tertiary/aromatic N) is 4. The quantitative estimate of drug-likeness (QED) is 0.424. The molecule has 0 aliphatic heterocycles. The van der Waals surface area contributed by atoms with E-state index in [1.807, 2.05) is 19.2 Å². The molecule has 0 unspecified atom stereocenters. The van der Waals surface area contributed by atoms with Crippen LogP contribution in [0.15, 0.2) is 23.5 Å². The smallest absolute Gasteiger partial charge is 0.191 e. The van der Waals surface area contributed by atoms with E-state index in [-0.39, 0.29) is 24.0 Å². The Morgan fingerprint density at radius 2 is 2.24 bits per heavy atom. The van der Waals surface area contributed by atoms with Crippen LogP contribution in [0.3, 0.4) is 0 Å². The van der Waals surface area contributed by atoms with Crippen LogP contribution in [0.4, 0.5) is 0 Å². The Kier molecular flexibility index (Phi) is 7.97. The van der Waals surface area contributed by atoms with Crippen LogP contribution < -0.4 is 10.6 Å². The molecule has 2 aromatic heterocycles. The Morgan fingerprint density at radius 1 is 1.43 bits per heavy atom. The molecule has 6 nitrogen and oxygen atoms in total. The molecule has 0 atom stereocenters. The Labute approximate surface area is 150 Å². The zero-order valence-corrected chi connectivity index (χ0v) is 15.7. The molecule has 0 spiro atoms. The van der Waals surface area contributed by atoms with E-state index in [1.165, 1.54) is 11.2 Å². The first-order valence-corrected chi connectivity index (χ1v) is 7.40. The molecule has 0 aromatic carbocycles. The first kappa shape index (κ1) is 18.2. The summed E-state index contributed by atoms with van der Waals surface area (Å²) in [6.07, 6.45) is 2.45. The molecule has 2 aromatic rings. The normalized spacial score (nSPS) is 11.1. The maximum absolute atomic E-state index is 5.90. The third-order valence-electron chi connectivity index (χ3n) is 2.74. The van der Waals surface area contributed by atoms with Gasteiger partial charge in [-0.2, -0.15) is 5.10 Å². The van der Waals surface area contributed by atoms with Gasteiger partial charge in [0, 0.05) is 25.5 Å². The minimum atomic E-state index is 0. The summed E-state index contributed by atoms with van der Waals surface area (Å²) in [5.74, 6) is 1.61. The van der Waals surface area contributed by atoms with Crippen LogP contribution in [-0.2, 0) is 20.0 Å². The van der Waals surface area contributed by atoms with Crippen LogP contribution in [0, 0.1) is 0 Å². The predicted molar refractivity (Wildman–Crippen MR) is 97.7 cm³/mol. The summed E-state index contributed by atoms with van der Waals surface area (Å²) in [4.78, 5) is 9.57. The molecule has 2 N–H and O–H groups in total. The molecular formula is C12H18ClIN6S. The van der Waals surface area contributed by atoms with Gasteiger partial charge < -0.3 is 10.6 Å². The first-order chi connectivity index (χ1) is 9.69. The van der Waals surface area contributed by atoms with Gasteiger partial charge in [0.2, 0.25) is 0 Å². The highest BCUT2D eigenvalue weighted by Gasteiger charge is 2.03. The molecule has 0 bridgehead atoms. The molecule has 0 saturated heterocycles. The van der Waals surface area contributed by atoms with Gasteiger partial charge in [-0.25, -0.2) is 4.98 Å². The first-order valence-electron chi connectivity index (χ1n) is 6.20. The van der Waals surface area contributed by atoms with Crippen LogP contribution >= 0.6 is 46.9 Å². The number of rotatable bonds is 5. The topological polar surface area (TPSA) is 67.1 Å². The summed E-state index contributed by atoms with van der Waals surface area (Å²) in [5, 5.41) is 10.5. The van der Waals surface area contributed by atoms with E-state index in [1.54, 1.807) is 23.1 Å². The van der Waals surface area contributed by atoms with E-state index >= 15 is 0 Å². The van der Waals surface area contributed by atoms with E-state index in [9.17, 15) is 0 Å². The fourth-order valence-electron chi connectivity index (χ4n) is 1.65. The van der Waals surface area contributed by atoms with E-state index in [4.69, 9.17) is 11.6 Å². The molecular weight excluding hydrogens is 423 g/mol. The summed E-state index contributed by atoms with van der Waals surface area (Å²) in [6, 6.07) is 3.97. The van der Waals surface area contributed by atoms with E-state index < -0.39 is 0 Å². The Bertz CT molecular complexity index is 582. The number of aryl methyl sites for hydroxylation is 1. The van der Waals surface area contributed by atoms with Crippen molar-refractivity contribution in [2.75, 3.05) is 13.6 Å². The molecule has 21 heavy (non-hydrogen) atoms. The third kappa shape index (κ3) is 5.79.